The number of anilines is 1. The van der Waals surface area contributed by atoms with Gasteiger partial charge in [-0.1, -0.05) is 15.9 Å². The Morgan fingerprint density at radius 3 is 2.57 bits per heavy atom. The fourth-order valence-corrected chi connectivity index (χ4v) is 4.02. The summed E-state index contributed by atoms with van der Waals surface area (Å²) in [5.41, 5.74) is 5.74. The van der Waals surface area contributed by atoms with Crippen LogP contribution in [-0.4, -0.2) is 19.1 Å². The molecule has 21 heavy (non-hydrogen) atoms. The van der Waals surface area contributed by atoms with Crippen molar-refractivity contribution in [2.45, 2.75) is 31.5 Å². The summed E-state index contributed by atoms with van der Waals surface area (Å²) in [6.45, 7) is 1.38. The molecular formula is C15H18BrF3N2. The van der Waals surface area contributed by atoms with Crippen LogP contribution in [0, 0.1) is 11.8 Å². The molecule has 116 valence electrons. The predicted octanol–water partition coefficient (Wildman–Crippen LogP) is 4.03. The molecule has 1 unspecified atom stereocenters. The summed E-state index contributed by atoms with van der Waals surface area (Å²) in [5, 5.41) is 0. The summed E-state index contributed by atoms with van der Waals surface area (Å²) < 4.78 is 40.3. The first-order valence-corrected chi connectivity index (χ1v) is 8.01. The maximum Gasteiger partial charge on any atom is 0.418 e. The zero-order chi connectivity index (χ0) is 15.2. The SMILES string of the molecule is NC1CC[C@@H]2CN(c3cc(Br)ccc3C(F)(F)F)C[C@@H]2C1. The lowest BCUT2D eigenvalue weighted by Gasteiger charge is -2.27. The molecule has 3 rings (SSSR count). The number of nitrogens with zero attached hydrogens (tertiary/aromatic N) is 1. The van der Waals surface area contributed by atoms with Crippen LogP contribution >= 0.6 is 15.9 Å². The third-order valence-electron chi connectivity index (χ3n) is 4.70. The van der Waals surface area contributed by atoms with Gasteiger partial charge in [-0.2, -0.15) is 13.2 Å². The molecule has 0 aromatic heterocycles. The summed E-state index contributed by atoms with van der Waals surface area (Å²) in [4.78, 5) is 1.89. The molecule has 2 aliphatic rings. The minimum atomic E-state index is -4.32. The summed E-state index contributed by atoms with van der Waals surface area (Å²) in [6.07, 6.45) is -1.38. The van der Waals surface area contributed by atoms with Gasteiger partial charge >= 0.3 is 6.18 Å². The van der Waals surface area contributed by atoms with Crippen LogP contribution < -0.4 is 10.6 Å². The zero-order valence-electron chi connectivity index (χ0n) is 11.5. The van der Waals surface area contributed by atoms with Crippen molar-refractivity contribution in [3.63, 3.8) is 0 Å². The van der Waals surface area contributed by atoms with Gasteiger partial charge in [0.1, 0.15) is 0 Å². The van der Waals surface area contributed by atoms with E-state index in [1.54, 1.807) is 6.07 Å². The van der Waals surface area contributed by atoms with Gasteiger partial charge in [0.05, 0.1) is 11.3 Å². The highest BCUT2D eigenvalue weighted by atomic mass is 79.9. The molecular weight excluding hydrogens is 345 g/mol. The van der Waals surface area contributed by atoms with E-state index in [4.69, 9.17) is 5.73 Å². The Bertz CT molecular complexity index is 532. The van der Waals surface area contributed by atoms with Crippen LogP contribution in [0.4, 0.5) is 18.9 Å². The van der Waals surface area contributed by atoms with E-state index in [-0.39, 0.29) is 6.04 Å². The maximum atomic E-state index is 13.2. The monoisotopic (exact) mass is 362 g/mol. The van der Waals surface area contributed by atoms with Crippen LogP contribution in [0.3, 0.4) is 0 Å². The van der Waals surface area contributed by atoms with Crippen LogP contribution in [0.2, 0.25) is 0 Å². The molecule has 1 heterocycles. The first-order chi connectivity index (χ1) is 9.84. The number of hydrogen-bond donors (Lipinski definition) is 1. The van der Waals surface area contributed by atoms with Gasteiger partial charge in [0, 0.05) is 23.6 Å². The van der Waals surface area contributed by atoms with E-state index in [2.05, 4.69) is 15.9 Å². The van der Waals surface area contributed by atoms with E-state index in [0.717, 1.165) is 25.3 Å². The van der Waals surface area contributed by atoms with E-state index in [1.165, 1.54) is 6.07 Å². The Balaban J connectivity index is 1.89. The smallest absolute Gasteiger partial charge is 0.370 e. The lowest BCUT2D eigenvalue weighted by atomic mass is 9.79. The second kappa shape index (κ2) is 5.47. The predicted molar refractivity (Wildman–Crippen MR) is 80.2 cm³/mol. The number of fused-ring (bicyclic) bond motifs is 1. The number of nitrogens with two attached hydrogens (primary N) is 1. The average Bonchev–Trinajstić information content (AvgIpc) is 2.80. The molecule has 6 heteroatoms. The molecule has 2 fully saturated rings. The van der Waals surface area contributed by atoms with E-state index in [9.17, 15) is 13.2 Å². The summed E-state index contributed by atoms with van der Waals surface area (Å²) >= 11 is 3.28. The number of rotatable bonds is 1. The van der Waals surface area contributed by atoms with Crippen LogP contribution in [0.25, 0.3) is 0 Å². The first-order valence-electron chi connectivity index (χ1n) is 7.22. The Hall–Kier alpha value is -0.750. The maximum absolute atomic E-state index is 13.2. The lowest BCUT2D eigenvalue weighted by molar-refractivity contribution is -0.137. The van der Waals surface area contributed by atoms with Gasteiger partial charge in [0.25, 0.3) is 0 Å². The van der Waals surface area contributed by atoms with Crippen molar-refractivity contribution in [3.8, 4) is 0 Å². The number of halogens is 4. The molecule has 0 radical (unpaired) electrons. The molecule has 2 nitrogen and oxygen atoms in total. The largest absolute Gasteiger partial charge is 0.418 e. The molecule has 1 saturated carbocycles. The highest BCUT2D eigenvalue weighted by Crippen LogP contribution is 2.43. The minimum absolute atomic E-state index is 0.204. The molecule has 0 amide bonds. The molecule has 2 N–H and O–H groups in total. The van der Waals surface area contributed by atoms with Gasteiger partial charge < -0.3 is 10.6 Å². The fraction of sp³-hybridized carbons (Fsp3) is 0.600. The molecule has 1 aliphatic carbocycles. The van der Waals surface area contributed by atoms with Crippen LogP contribution in [-0.2, 0) is 6.18 Å². The van der Waals surface area contributed by atoms with Gasteiger partial charge in [-0.15, -0.1) is 0 Å². The molecule has 0 spiro atoms. The molecule has 1 aromatic carbocycles. The van der Waals surface area contributed by atoms with E-state index >= 15 is 0 Å². The summed E-state index contributed by atoms with van der Waals surface area (Å²) in [7, 11) is 0. The van der Waals surface area contributed by atoms with Crippen molar-refractivity contribution >= 4 is 21.6 Å². The Labute approximate surface area is 130 Å². The Kier molecular flexibility index (Phi) is 3.94. The lowest BCUT2D eigenvalue weighted by Crippen LogP contribution is -2.32. The second-order valence-electron chi connectivity index (χ2n) is 6.16. The van der Waals surface area contributed by atoms with E-state index in [1.807, 2.05) is 4.90 Å². The molecule has 1 aliphatic heterocycles. The topological polar surface area (TPSA) is 29.3 Å². The van der Waals surface area contributed by atoms with Crippen molar-refractivity contribution in [1.82, 2.24) is 0 Å². The fourth-order valence-electron chi connectivity index (χ4n) is 3.67. The van der Waals surface area contributed by atoms with Crippen LogP contribution in [0.1, 0.15) is 24.8 Å². The highest BCUT2D eigenvalue weighted by molar-refractivity contribution is 9.10. The molecule has 3 atom stereocenters. The quantitative estimate of drug-likeness (QED) is 0.816. The highest BCUT2D eigenvalue weighted by Gasteiger charge is 2.40. The van der Waals surface area contributed by atoms with Crippen molar-refractivity contribution < 1.29 is 13.2 Å². The van der Waals surface area contributed by atoms with Gasteiger partial charge in [0.2, 0.25) is 0 Å². The van der Waals surface area contributed by atoms with Gasteiger partial charge in [-0.05, 0) is 49.3 Å². The van der Waals surface area contributed by atoms with Gasteiger partial charge in [0.15, 0.2) is 0 Å². The van der Waals surface area contributed by atoms with E-state index in [0.29, 0.717) is 35.1 Å². The van der Waals surface area contributed by atoms with Crippen molar-refractivity contribution in [2.24, 2.45) is 17.6 Å². The van der Waals surface area contributed by atoms with Crippen LogP contribution in [0.5, 0.6) is 0 Å². The molecule has 0 bridgehead atoms. The average molecular weight is 363 g/mol. The zero-order valence-corrected chi connectivity index (χ0v) is 13.1. The number of hydrogen-bond acceptors (Lipinski definition) is 2. The van der Waals surface area contributed by atoms with Gasteiger partial charge in [-0.3, -0.25) is 0 Å². The summed E-state index contributed by atoms with van der Waals surface area (Å²) in [5.74, 6) is 0.902. The second-order valence-corrected chi connectivity index (χ2v) is 7.07. The van der Waals surface area contributed by atoms with Gasteiger partial charge in [-0.25, -0.2) is 0 Å². The third kappa shape index (κ3) is 3.06. The van der Waals surface area contributed by atoms with Crippen LogP contribution in [0.15, 0.2) is 22.7 Å². The van der Waals surface area contributed by atoms with Crippen molar-refractivity contribution in [2.75, 3.05) is 18.0 Å². The summed E-state index contributed by atoms with van der Waals surface area (Å²) in [6, 6.07) is 4.40. The number of benzene rings is 1. The van der Waals surface area contributed by atoms with Crippen molar-refractivity contribution in [1.29, 1.82) is 0 Å². The first kappa shape index (κ1) is 15.2. The minimum Gasteiger partial charge on any atom is -0.370 e. The third-order valence-corrected chi connectivity index (χ3v) is 5.19. The van der Waals surface area contributed by atoms with E-state index < -0.39 is 11.7 Å². The normalized spacial score (nSPS) is 29.6. The Morgan fingerprint density at radius 2 is 1.86 bits per heavy atom. The molecule has 1 aromatic rings. The standard InChI is InChI=1S/C15H18BrF3N2/c16-11-2-4-13(15(17,18)19)14(6-11)21-7-9-1-3-12(20)5-10(9)8-21/h2,4,6,9-10,12H,1,3,5,7-8,20H2/t9-,10+,12?/m1/s1. The number of alkyl halides is 3. The molecule has 1 saturated heterocycles. The Morgan fingerprint density at radius 1 is 1.14 bits per heavy atom. The van der Waals surface area contributed by atoms with Crippen molar-refractivity contribution in [3.05, 3.63) is 28.2 Å².